The Bertz CT molecular complexity index is 299. The Kier molecular flexibility index (Phi) is 7.35. The van der Waals surface area contributed by atoms with Crippen LogP contribution in [0.3, 0.4) is 0 Å². The predicted octanol–water partition coefficient (Wildman–Crippen LogP) is 1.51. The number of hydrogen-bond donors (Lipinski definition) is 0. The molecule has 1 heterocycles. The summed E-state index contributed by atoms with van der Waals surface area (Å²) in [5.41, 5.74) is 0. The highest BCUT2D eigenvalue weighted by Crippen LogP contribution is 2.14. The van der Waals surface area contributed by atoms with Crippen LogP contribution >= 0.6 is 22.6 Å². The Labute approximate surface area is 109 Å². The van der Waals surface area contributed by atoms with E-state index in [0.717, 1.165) is 9.99 Å². The first-order valence-electron chi connectivity index (χ1n) is 4.99. The SMILES string of the molecule is COCCOCCCOc1ncncc1I. The van der Waals surface area contributed by atoms with E-state index in [1.54, 1.807) is 13.3 Å². The number of nitrogens with zero attached hydrogens (tertiary/aromatic N) is 2. The van der Waals surface area contributed by atoms with Gasteiger partial charge in [-0.25, -0.2) is 9.97 Å². The summed E-state index contributed by atoms with van der Waals surface area (Å²) >= 11 is 2.14. The third-order valence-corrected chi connectivity index (χ3v) is 2.48. The minimum absolute atomic E-state index is 0.597. The fourth-order valence-corrected chi connectivity index (χ4v) is 1.44. The normalized spacial score (nSPS) is 10.4. The van der Waals surface area contributed by atoms with Crippen LogP contribution in [0.4, 0.5) is 0 Å². The minimum atomic E-state index is 0.597. The molecule has 0 unspecified atom stereocenters. The maximum Gasteiger partial charge on any atom is 0.230 e. The van der Waals surface area contributed by atoms with Crippen LogP contribution in [0.2, 0.25) is 0 Å². The zero-order chi connectivity index (χ0) is 11.6. The number of aromatic nitrogens is 2. The van der Waals surface area contributed by atoms with Crippen LogP contribution in [-0.4, -0.2) is 43.5 Å². The van der Waals surface area contributed by atoms with E-state index >= 15 is 0 Å². The van der Waals surface area contributed by atoms with Crippen LogP contribution in [0.25, 0.3) is 0 Å². The van der Waals surface area contributed by atoms with Crippen LogP contribution in [0.5, 0.6) is 5.88 Å². The highest BCUT2D eigenvalue weighted by atomic mass is 127. The zero-order valence-corrected chi connectivity index (χ0v) is 11.3. The van der Waals surface area contributed by atoms with Gasteiger partial charge in [-0.2, -0.15) is 0 Å². The van der Waals surface area contributed by atoms with Crippen molar-refractivity contribution in [2.45, 2.75) is 6.42 Å². The topological polar surface area (TPSA) is 53.5 Å². The molecule has 0 aliphatic rings. The van der Waals surface area contributed by atoms with Crippen LogP contribution < -0.4 is 4.74 Å². The van der Waals surface area contributed by atoms with Gasteiger partial charge in [-0.1, -0.05) is 0 Å². The van der Waals surface area contributed by atoms with Gasteiger partial charge in [0.15, 0.2) is 0 Å². The summed E-state index contributed by atoms with van der Waals surface area (Å²) in [6.07, 6.45) is 4.04. The number of ether oxygens (including phenoxy) is 3. The lowest BCUT2D eigenvalue weighted by Gasteiger charge is -2.06. The standard InChI is InChI=1S/C10H15IN2O3/c1-14-5-6-15-3-2-4-16-10-9(11)7-12-8-13-10/h7-8H,2-6H2,1H3. The molecule has 0 aliphatic heterocycles. The lowest BCUT2D eigenvalue weighted by Crippen LogP contribution is -2.07. The molecule has 0 bridgehead atoms. The van der Waals surface area contributed by atoms with Gasteiger partial charge in [-0.05, 0) is 22.6 Å². The number of halogens is 1. The van der Waals surface area contributed by atoms with Crippen molar-refractivity contribution in [3.05, 3.63) is 16.1 Å². The maximum absolute atomic E-state index is 5.47. The molecular weight excluding hydrogens is 323 g/mol. The van der Waals surface area contributed by atoms with E-state index < -0.39 is 0 Å². The van der Waals surface area contributed by atoms with Crippen LogP contribution in [0, 0.1) is 3.57 Å². The van der Waals surface area contributed by atoms with Gasteiger partial charge < -0.3 is 14.2 Å². The molecule has 0 amide bonds. The first-order valence-corrected chi connectivity index (χ1v) is 6.07. The Hall–Kier alpha value is -0.470. The minimum Gasteiger partial charge on any atom is -0.477 e. The summed E-state index contributed by atoms with van der Waals surface area (Å²) < 4.78 is 16.6. The van der Waals surface area contributed by atoms with E-state index in [-0.39, 0.29) is 0 Å². The van der Waals surface area contributed by atoms with Crippen molar-refractivity contribution in [1.29, 1.82) is 0 Å². The average molecular weight is 338 g/mol. The van der Waals surface area contributed by atoms with Crippen molar-refractivity contribution in [3.63, 3.8) is 0 Å². The van der Waals surface area contributed by atoms with Crippen molar-refractivity contribution < 1.29 is 14.2 Å². The molecule has 16 heavy (non-hydrogen) atoms. The second-order valence-electron chi connectivity index (χ2n) is 2.98. The van der Waals surface area contributed by atoms with E-state index in [2.05, 4.69) is 32.6 Å². The third-order valence-electron chi connectivity index (χ3n) is 1.74. The van der Waals surface area contributed by atoms with Crippen molar-refractivity contribution in [2.75, 3.05) is 33.5 Å². The zero-order valence-electron chi connectivity index (χ0n) is 9.19. The first-order chi connectivity index (χ1) is 7.84. The van der Waals surface area contributed by atoms with Gasteiger partial charge in [0.05, 0.1) is 23.4 Å². The molecule has 0 saturated carbocycles. The van der Waals surface area contributed by atoms with Crippen molar-refractivity contribution >= 4 is 22.6 Å². The van der Waals surface area contributed by atoms with Gasteiger partial charge >= 0.3 is 0 Å². The fraction of sp³-hybridized carbons (Fsp3) is 0.600. The molecule has 1 rings (SSSR count). The molecule has 5 nitrogen and oxygen atoms in total. The summed E-state index contributed by atoms with van der Waals surface area (Å²) in [6, 6.07) is 0. The Morgan fingerprint density at radius 3 is 2.88 bits per heavy atom. The molecule has 1 aromatic heterocycles. The van der Waals surface area contributed by atoms with E-state index in [1.807, 2.05) is 0 Å². The summed E-state index contributed by atoms with van der Waals surface area (Å²) in [5, 5.41) is 0. The van der Waals surface area contributed by atoms with Crippen molar-refractivity contribution in [1.82, 2.24) is 9.97 Å². The molecular formula is C10H15IN2O3. The van der Waals surface area contributed by atoms with E-state index in [4.69, 9.17) is 14.2 Å². The predicted molar refractivity (Wildman–Crippen MR) is 67.6 cm³/mol. The van der Waals surface area contributed by atoms with Gasteiger partial charge in [0.2, 0.25) is 5.88 Å². The molecule has 0 fully saturated rings. The Morgan fingerprint density at radius 2 is 2.12 bits per heavy atom. The summed E-state index contributed by atoms with van der Waals surface area (Å²) in [7, 11) is 1.66. The van der Waals surface area contributed by atoms with Crippen LogP contribution in [-0.2, 0) is 9.47 Å². The van der Waals surface area contributed by atoms with Crippen LogP contribution in [0.1, 0.15) is 6.42 Å². The number of hydrogen-bond acceptors (Lipinski definition) is 5. The van der Waals surface area contributed by atoms with Gasteiger partial charge in [0, 0.05) is 26.3 Å². The maximum atomic E-state index is 5.47. The molecule has 1 aromatic rings. The van der Waals surface area contributed by atoms with Gasteiger partial charge in [0.25, 0.3) is 0 Å². The molecule has 0 N–H and O–H groups in total. The largest absolute Gasteiger partial charge is 0.477 e. The quantitative estimate of drug-likeness (QED) is 0.531. The lowest BCUT2D eigenvalue weighted by atomic mass is 10.5. The fourth-order valence-electron chi connectivity index (χ4n) is 0.982. The molecule has 0 radical (unpaired) electrons. The highest BCUT2D eigenvalue weighted by Gasteiger charge is 2.00. The van der Waals surface area contributed by atoms with Gasteiger partial charge in [-0.3, -0.25) is 0 Å². The smallest absolute Gasteiger partial charge is 0.230 e. The Balaban J connectivity index is 2.05. The molecule has 90 valence electrons. The second kappa shape index (κ2) is 8.66. The molecule has 0 aliphatic carbocycles. The number of methoxy groups -OCH3 is 1. The molecule has 0 atom stereocenters. The molecule has 6 heteroatoms. The first kappa shape index (κ1) is 13.6. The van der Waals surface area contributed by atoms with Gasteiger partial charge in [-0.15, -0.1) is 0 Å². The highest BCUT2D eigenvalue weighted by molar-refractivity contribution is 14.1. The second-order valence-corrected chi connectivity index (χ2v) is 4.15. The van der Waals surface area contributed by atoms with Gasteiger partial charge in [0.1, 0.15) is 6.33 Å². The molecule has 0 spiro atoms. The molecule has 0 saturated heterocycles. The summed E-state index contributed by atoms with van der Waals surface area (Å²) in [5.74, 6) is 0.632. The van der Waals surface area contributed by atoms with Crippen LogP contribution in [0.15, 0.2) is 12.5 Å². The van der Waals surface area contributed by atoms with Crippen molar-refractivity contribution in [2.24, 2.45) is 0 Å². The summed E-state index contributed by atoms with van der Waals surface area (Å²) in [4.78, 5) is 7.91. The third kappa shape index (κ3) is 5.57. The summed E-state index contributed by atoms with van der Waals surface area (Å²) in [6.45, 7) is 2.53. The average Bonchev–Trinajstić information content (AvgIpc) is 2.30. The molecule has 0 aromatic carbocycles. The Morgan fingerprint density at radius 1 is 1.25 bits per heavy atom. The lowest BCUT2D eigenvalue weighted by molar-refractivity contribution is 0.0641. The van der Waals surface area contributed by atoms with E-state index in [1.165, 1.54) is 6.33 Å². The number of rotatable bonds is 8. The van der Waals surface area contributed by atoms with E-state index in [9.17, 15) is 0 Å². The van der Waals surface area contributed by atoms with Crippen molar-refractivity contribution in [3.8, 4) is 5.88 Å². The van der Waals surface area contributed by atoms with E-state index in [0.29, 0.717) is 32.3 Å². The monoisotopic (exact) mass is 338 g/mol.